The molecule has 0 aromatic heterocycles. The van der Waals surface area contributed by atoms with Gasteiger partial charge in [0, 0.05) is 19.1 Å². The molecule has 4 heteroatoms. The van der Waals surface area contributed by atoms with Crippen LogP contribution in [0, 0.1) is 10.8 Å². The van der Waals surface area contributed by atoms with Crippen LogP contribution in [0.4, 0.5) is 0 Å². The lowest BCUT2D eigenvalue weighted by Gasteiger charge is -2.46. The van der Waals surface area contributed by atoms with Crippen LogP contribution in [0.2, 0.25) is 0 Å². The Balaban J connectivity index is 2.41. The van der Waals surface area contributed by atoms with Crippen LogP contribution in [0.25, 0.3) is 0 Å². The van der Waals surface area contributed by atoms with E-state index in [2.05, 4.69) is 26.1 Å². The van der Waals surface area contributed by atoms with E-state index in [1.165, 1.54) is 0 Å². The second-order valence-corrected chi connectivity index (χ2v) is 6.64. The summed E-state index contributed by atoms with van der Waals surface area (Å²) in [6.07, 6.45) is 3.44. The summed E-state index contributed by atoms with van der Waals surface area (Å²) in [5, 5.41) is 11.8. The Morgan fingerprint density at radius 3 is 2.59 bits per heavy atom. The minimum atomic E-state index is -0.747. The molecular weight excluding hydrogens is 216 g/mol. The first-order chi connectivity index (χ1) is 7.72. The molecule has 0 radical (unpaired) electrons. The standard InChI is InChI=1S/C13H26N2O2/c1-12(2)6-10(14)7-13(3,8-12)9-15-5-4-11(16)17/h10,15H,4-9,14H2,1-3H3,(H,16,17)/t10-,13+/m1/s1. The van der Waals surface area contributed by atoms with Crippen molar-refractivity contribution in [1.29, 1.82) is 0 Å². The van der Waals surface area contributed by atoms with E-state index in [1.54, 1.807) is 0 Å². The van der Waals surface area contributed by atoms with Gasteiger partial charge in [0.2, 0.25) is 0 Å². The van der Waals surface area contributed by atoms with Gasteiger partial charge in [0.1, 0.15) is 0 Å². The molecule has 0 heterocycles. The second kappa shape index (κ2) is 5.36. The van der Waals surface area contributed by atoms with Crippen molar-refractivity contribution in [2.45, 2.75) is 52.5 Å². The third kappa shape index (κ3) is 5.04. The van der Waals surface area contributed by atoms with E-state index in [9.17, 15) is 4.79 Å². The fourth-order valence-electron chi connectivity index (χ4n) is 3.43. The molecule has 0 aromatic rings. The van der Waals surface area contributed by atoms with E-state index < -0.39 is 5.97 Å². The Labute approximate surface area is 104 Å². The van der Waals surface area contributed by atoms with Gasteiger partial charge >= 0.3 is 5.97 Å². The van der Waals surface area contributed by atoms with Crippen LogP contribution >= 0.6 is 0 Å². The van der Waals surface area contributed by atoms with Gasteiger partial charge in [0.05, 0.1) is 6.42 Å². The summed E-state index contributed by atoms with van der Waals surface area (Å²) < 4.78 is 0. The number of hydrogen-bond donors (Lipinski definition) is 3. The molecule has 0 spiro atoms. The van der Waals surface area contributed by atoms with Gasteiger partial charge in [0.25, 0.3) is 0 Å². The van der Waals surface area contributed by atoms with Gasteiger partial charge in [-0.2, -0.15) is 0 Å². The fourth-order valence-corrected chi connectivity index (χ4v) is 3.43. The van der Waals surface area contributed by atoms with E-state index in [0.717, 1.165) is 25.8 Å². The summed E-state index contributed by atoms with van der Waals surface area (Å²) in [6, 6.07) is 0.269. The van der Waals surface area contributed by atoms with Crippen LogP contribution in [0.15, 0.2) is 0 Å². The molecule has 1 rings (SSSR count). The van der Waals surface area contributed by atoms with Crippen molar-refractivity contribution in [3.63, 3.8) is 0 Å². The largest absolute Gasteiger partial charge is 0.481 e. The van der Waals surface area contributed by atoms with Crippen molar-refractivity contribution >= 4 is 5.97 Å². The van der Waals surface area contributed by atoms with Gasteiger partial charge in [-0.1, -0.05) is 20.8 Å². The Hall–Kier alpha value is -0.610. The third-order valence-electron chi connectivity index (χ3n) is 3.54. The lowest BCUT2D eigenvalue weighted by molar-refractivity contribution is -0.136. The highest BCUT2D eigenvalue weighted by atomic mass is 16.4. The summed E-state index contributed by atoms with van der Waals surface area (Å²) in [6.45, 7) is 8.18. The molecule has 1 fully saturated rings. The number of hydrogen-bond acceptors (Lipinski definition) is 3. The van der Waals surface area contributed by atoms with Crippen LogP contribution in [-0.2, 0) is 4.79 Å². The SMILES string of the molecule is CC1(C)C[C@@H](N)C[C@](C)(CNCCC(=O)O)C1. The zero-order chi connectivity index (χ0) is 13.1. The summed E-state index contributed by atoms with van der Waals surface area (Å²) >= 11 is 0. The summed E-state index contributed by atoms with van der Waals surface area (Å²) in [4.78, 5) is 10.4. The molecule has 0 aromatic carbocycles. The van der Waals surface area contributed by atoms with E-state index in [4.69, 9.17) is 10.8 Å². The smallest absolute Gasteiger partial charge is 0.304 e. The molecule has 17 heavy (non-hydrogen) atoms. The van der Waals surface area contributed by atoms with Crippen LogP contribution in [0.5, 0.6) is 0 Å². The van der Waals surface area contributed by atoms with Crippen molar-refractivity contribution in [2.24, 2.45) is 16.6 Å². The monoisotopic (exact) mass is 242 g/mol. The minimum Gasteiger partial charge on any atom is -0.481 e. The van der Waals surface area contributed by atoms with E-state index in [1.807, 2.05) is 0 Å². The van der Waals surface area contributed by atoms with Crippen LogP contribution < -0.4 is 11.1 Å². The molecule has 1 saturated carbocycles. The minimum absolute atomic E-state index is 0.186. The van der Waals surface area contributed by atoms with Gasteiger partial charge in [0.15, 0.2) is 0 Å². The Bertz CT molecular complexity index is 279. The average Bonchev–Trinajstić information content (AvgIpc) is 2.07. The number of nitrogens with one attached hydrogen (secondary N) is 1. The van der Waals surface area contributed by atoms with Crippen molar-refractivity contribution in [2.75, 3.05) is 13.1 Å². The van der Waals surface area contributed by atoms with Crippen molar-refractivity contribution < 1.29 is 9.90 Å². The molecule has 1 aliphatic carbocycles. The third-order valence-corrected chi connectivity index (χ3v) is 3.54. The molecule has 4 N–H and O–H groups in total. The first-order valence-electron chi connectivity index (χ1n) is 6.41. The van der Waals surface area contributed by atoms with Crippen molar-refractivity contribution in [3.05, 3.63) is 0 Å². The summed E-state index contributed by atoms with van der Waals surface area (Å²) in [5.41, 5.74) is 6.60. The van der Waals surface area contributed by atoms with Gasteiger partial charge < -0.3 is 16.2 Å². The molecule has 2 atom stereocenters. The number of rotatable bonds is 5. The van der Waals surface area contributed by atoms with Crippen LogP contribution in [-0.4, -0.2) is 30.2 Å². The predicted molar refractivity (Wildman–Crippen MR) is 68.8 cm³/mol. The highest BCUT2D eigenvalue weighted by Gasteiger charge is 2.39. The zero-order valence-corrected chi connectivity index (χ0v) is 11.3. The Morgan fingerprint density at radius 2 is 2.06 bits per heavy atom. The number of nitrogens with two attached hydrogens (primary N) is 1. The van der Waals surface area contributed by atoms with E-state index in [-0.39, 0.29) is 17.9 Å². The van der Waals surface area contributed by atoms with Gasteiger partial charge in [-0.25, -0.2) is 0 Å². The van der Waals surface area contributed by atoms with Gasteiger partial charge in [-0.05, 0) is 30.1 Å². The maximum absolute atomic E-state index is 10.4. The first-order valence-corrected chi connectivity index (χ1v) is 6.41. The topological polar surface area (TPSA) is 75.3 Å². The highest BCUT2D eigenvalue weighted by Crippen LogP contribution is 2.45. The van der Waals surface area contributed by atoms with E-state index >= 15 is 0 Å². The predicted octanol–water partition coefficient (Wildman–Crippen LogP) is 1.59. The van der Waals surface area contributed by atoms with Crippen molar-refractivity contribution in [1.82, 2.24) is 5.32 Å². The lowest BCUT2D eigenvalue weighted by Crippen LogP contribution is -2.46. The average molecular weight is 242 g/mol. The number of carboxylic acids is 1. The number of carbonyl (C=O) groups is 1. The number of aliphatic carboxylic acids is 1. The normalized spacial score (nSPS) is 32.4. The molecule has 0 aliphatic heterocycles. The molecule has 4 nitrogen and oxygen atoms in total. The Morgan fingerprint density at radius 1 is 1.41 bits per heavy atom. The van der Waals surface area contributed by atoms with Gasteiger partial charge in [-0.15, -0.1) is 0 Å². The zero-order valence-electron chi connectivity index (χ0n) is 11.3. The highest BCUT2D eigenvalue weighted by molar-refractivity contribution is 5.66. The van der Waals surface area contributed by atoms with Gasteiger partial charge in [-0.3, -0.25) is 4.79 Å². The quantitative estimate of drug-likeness (QED) is 0.640. The molecule has 0 saturated heterocycles. The summed E-state index contributed by atoms with van der Waals surface area (Å²) in [7, 11) is 0. The maximum atomic E-state index is 10.4. The molecule has 1 aliphatic rings. The molecule has 100 valence electrons. The number of carboxylic acid groups (broad SMARTS) is 1. The molecular formula is C13H26N2O2. The van der Waals surface area contributed by atoms with E-state index in [0.29, 0.717) is 12.0 Å². The van der Waals surface area contributed by atoms with Crippen LogP contribution in [0.3, 0.4) is 0 Å². The summed E-state index contributed by atoms with van der Waals surface area (Å²) in [5.74, 6) is -0.747. The van der Waals surface area contributed by atoms with Crippen molar-refractivity contribution in [3.8, 4) is 0 Å². The first kappa shape index (κ1) is 14.5. The molecule has 0 amide bonds. The lowest BCUT2D eigenvalue weighted by atomic mass is 9.63. The Kier molecular flexibility index (Phi) is 4.55. The fraction of sp³-hybridized carbons (Fsp3) is 0.923. The van der Waals surface area contributed by atoms with Crippen LogP contribution in [0.1, 0.15) is 46.5 Å². The maximum Gasteiger partial charge on any atom is 0.304 e. The molecule has 0 bridgehead atoms. The molecule has 0 unspecified atom stereocenters. The second-order valence-electron chi connectivity index (χ2n) is 6.64.